The van der Waals surface area contributed by atoms with Gasteiger partial charge in [-0.15, -0.1) is 11.3 Å². The van der Waals surface area contributed by atoms with Crippen molar-refractivity contribution in [1.29, 1.82) is 0 Å². The normalized spacial score (nSPS) is 20.4. The Morgan fingerprint density at radius 3 is 3.09 bits per heavy atom. The molecular formula is C17H21N3O2S. The van der Waals surface area contributed by atoms with Gasteiger partial charge in [0.05, 0.1) is 6.04 Å². The van der Waals surface area contributed by atoms with Gasteiger partial charge in [0.1, 0.15) is 11.4 Å². The molecular weight excluding hydrogens is 310 g/mol. The van der Waals surface area contributed by atoms with Crippen molar-refractivity contribution in [2.45, 2.75) is 51.5 Å². The van der Waals surface area contributed by atoms with Crippen molar-refractivity contribution in [1.82, 2.24) is 10.1 Å². The summed E-state index contributed by atoms with van der Waals surface area (Å²) in [4.78, 5) is 16.2. The quantitative estimate of drug-likeness (QED) is 0.903. The van der Waals surface area contributed by atoms with Crippen molar-refractivity contribution in [2.75, 3.05) is 11.9 Å². The number of hydrogen-bond acceptors (Lipinski definition) is 4. The van der Waals surface area contributed by atoms with E-state index >= 15 is 0 Å². The molecule has 6 heteroatoms. The van der Waals surface area contributed by atoms with Gasteiger partial charge in [-0.2, -0.15) is 0 Å². The Bertz CT molecular complexity index is 732. The lowest BCUT2D eigenvalue weighted by Gasteiger charge is -2.35. The number of urea groups is 1. The molecule has 0 spiro atoms. The third-order valence-corrected chi connectivity index (χ3v) is 5.81. The van der Waals surface area contributed by atoms with E-state index in [-0.39, 0.29) is 12.1 Å². The Kier molecular flexibility index (Phi) is 3.64. The fraction of sp³-hybridized carbons (Fsp3) is 0.529. The molecule has 2 aliphatic rings. The van der Waals surface area contributed by atoms with Crippen LogP contribution in [0.25, 0.3) is 0 Å². The van der Waals surface area contributed by atoms with Crippen LogP contribution in [-0.4, -0.2) is 22.6 Å². The van der Waals surface area contributed by atoms with Gasteiger partial charge in [0.15, 0.2) is 5.76 Å². The predicted octanol–water partition coefficient (Wildman–Crippen LogP) is 4.46. The molecule has 5 nitrogen and oxygen atoms in total. The zero-order chi connectivity index (χ0) is 16.0. The van der Waals surface area contributed by atoms with E-state index in [0.717, 1.165) is 49.4 Å². The largest absolute Gasteiger partial charge is 0.359 e. The molecule has 0 aromatic carbocycles. The Labute approximate surface area is 139 Å². The summed E-state index contributed by atoms with van der Waals surface area (Å²) < 4.78 is 5.42. The number of amides is 2. The molecule has 2 aromatic rings. The lowest BCUT2D eigenvalue weighted by atomic mass is 9.98. The Hall–Kier alpha value is -1.82. The minimum atomic E-state index is -0.0399. The van der Waals surface area contributed by atoms with Gasteiger partial charge in [-0.3, -0.25) is 0 Å². The highest BCUT2D eigenvalue weighted by Gasteiger charge is 2.35. The van der Waals surface area contributed by atoms with Crippen molar-refractivity contribution >= 4 is 23.1 Å². The number of aryl methyl sites for hydroxylation is 1. The van der Waals surface area contributed by atoms with Crippen molar-refractivity contribution in [2.24, 2.45) is 0 Å². The lowest BCUT2D eigenvalue weighted by molar-refractivity contribution is 0.181. The number of anilines is 1. The minimum Gasteiger partial charge on any atom is -0.359 e. The molecule has 0 radical (unpaired) electrons. The Morgan fingerprint density at radius 2 is 2.35 bits per heavy atom. The van der Waals surface area contributed by atoms with E-state index in [9.17, 15) is 4.79 Å². The summed E-state index contributed by atoms with van der Waals surface area (Å²) >= 11 is 1.80. The summed E-state index contributed by atoms with van der Waals surface area (Å²) in [7, 11) is 0. The number of rotatable bonds is 3. The van der Waals surface area contributed by atoms with Gasteiger partial charge in [-0.05, 0) is 49.6 Å². The standard InChI is InChI=1S/C17H21N3O2S/c1-3-13-12-7-9-23-14(12)6-8-20(13)17(21)18-15-10(2)19-22-16(15)11-4-5-11/h7,9,11,13H,3-6,8H2,1-2H3,(H,18,21)/t13-/m1/s1. The average Bonchev–Trinajstić information content (AvgIpc) is 3.17. The summed E-state index contributed by atoms with van der Waals surface area (Å²) in [5, 5.41) is 9.24. The van der Waals surface area contributed by atoms with Crippen LogP contribution in [0.15, 0.2) is 16.0 Å². The number of carbonyl (C=O) groups excluding carboxylic acids is 1. The maximum absolute atomic E-state index is 12.9. The van der Waals surface area contributed by atoms with Gasteiger partial charge in [0, 0.05) is 17.3 Å². The average molecular weight is 331 g/mol. The second-order valence-electron chi connectivity index (χ2n) is 6.38. The van der Waals surface area contributed by atoms with Crippen LogP contribution in [0.2, 0.25) is 0 Å². The minimum absolute atomic E-state index is 0.0399. The van der Waals surface area contributed by atoms with Gasteiger partial charge in [0.2, 0.25) is 0 Å². The predicted molar refractivity (Wildman–Crippen MR) is 90.0 cm³/mol. The van der Waals surface area contributed by atoms with Crippen molar-refractivity contribution in [3.63, 3.8) is 0 Å². The molecule has 0 unspecified atom stereocenters. The molecule has 1 atom stereocenters. The fourth-order valence-electron chi connectivity index (χ4n) is 3.42. The van der Waals surface area contributed by atoms with E-state index in [1.165, 1.54) is 10.4 Å². The highest BCUT2D eigenvalue weighted by Crippen LogP contribution is 2.44. The van der Waals surface area contributed by atoms with E-state index in [2.05, 4.69) is 28.8 Å². The summed E-state index contributed by atoms with van der Waals surface area (Å²) in [5.41, 5.74) is 2.85. The van der Waals surface area contributed by atoms with E-state index in [4.69, 9.17) is 4.52 Å². The molecule has 1 N–H and O–H groups in total. The van der Waals surface area contributed by atoms with Gasteiger partial charge >= 0.3 is 6.03 Å². The summed E-state index contributed by atoms with van der Waals surface area (Å²) in [6, 6.07) is 2.28. The molecule has 0 bridgehead atoms. The maximum atomic E-state index is 12.9. The fourth-order valence-corrected chi connectivity index (χ4v) is 4.35. The summed E-state index contributed by atoms with van der Waals surface area (Å²) in [5.74, 6) is 1.27. The van der Waals surface area contributed by atoms with Crippen LogP contribution in [0.1, 0.15) is 60.0 Å². The van der Waals surface area contributed by atoms with Gasteiger partial charge in [0.25, 0.3) is 0 Å². The SMILES string of the molecule is CC[C@@H]1c2ccsc2CCN1C(=O)Nc1c(C)noc1C1CC1. The molecule has 0 saturated heterocycles. The summed E-state index contributed by atoms with van der Waals surface area (Å²) in [6.45, 7) is 4.79. The van der Waals surface area contributed by atoms with Crippen LogP contribution >= 0.6 is 11.3 Å². The molecule has 3 heterocycles. The molecule has 1 aliphatic carbocycles. The first kappa shape index (κ1) is 14.8. The van der Waals surface area contributed by atoms with Crippen molar-refractivity contribution in [3.8, 4) is 0 Å². The number of hydrogen-bond donors (Lipinski definition) is 1. The molecule has 1 fully saturated rings. The third-order valence-electron chi connectivity index (χ3n) is 4.81. The van der Waals surface area contributed by atoms with Crippen LogP contribution in [0.5, 0.6) is 0 Å². The van der Waals surface area contributed by atoms with E-state index in [0.29, 0.717) is 5.92 Å². The highest BCUT2D eigenvalue weighted by atomic mass is 32.1. The third kappa shape index (κ3) is 2.55. The second kappa shape index (κ2) is 5.67. The first-order valence-electron chi connectivity index (χ1n) is 8.29. The monoisotopic (exact) mass is 331 g/mol. The molecule has 4 rings (SSSR count). The van der Waals surface area contributed by atoms with Crippen LogP contribution in [0.3, 0.4) is 0 Å². The van der Waals surface area contributed by atoms with Crippen LogP contribution in [-0.2, 0) is 6.42 Å². The number of nitrogens with zero attached hydrogens (tertiary/aromatic N) is 2. The smallest absolute Gasteiger partial charge is 0.322 e. The van der Waals surface area contributed by atoms with Crippen molar-refractivity contribution in [3.05, 3.63) is 33.3 Å². The zero-order valence-corrected chi connectivity index (χ0v) is 14.3. The van der Waals surface area contributed by atoms with Gasteiger partial charge < -0.3 is 14.7 Å². The maximum Gasteiger partial charge on any atom is 0.322 e. The van der Waals surface area contributed by atoms with Crippen LogP contribution < -0.4 is 5.32 Å². The number of nitrogens with one attached hydrogen (secondary N) is 1. The molecule has 23 heavy (non-hydrogen) atoms. The first-order chi connectivity index (χ1) is 11.2. The molecule has 2 aromatic heterocycles. The van der Waals surface area contributed by atoms with E-state index in [1.54, 1.807) is 11.3 Å². The number of fused-ring (bicyclic) bond motifs is 1. The van der Waals surface area contributed by atoms with E-state index < -0.39 is 0 Å². The van der Waals surface area contributed by atoms with E-state index in [1.807, 2.05) is 11.8 Å². The van der Waals surface area contributed by atoms with Gasteiger partial charge in [-0.25, -0.2) is 4.79 Å². The topological polar surface area (TPSA) is 58.4 Å². The number of aromatic nitrogens is 1. The Morgan fingerprint density at radius 1 is 1.52 bits per heavy atom. The van der Waals surface area contributed by atoms with Crippen LogP contribution in [0.4, 0.5) is 10.5 Å². The zero-order valence-electron chi connectivity index (χ0n) is 13.5. The van der Waals surface area contributed by atoms with Crippen molar-refractivity contribution < 1.29 is 9.32 Å². The van der Waals surface area contributed by atoms with Gasteiger partial charge in [-0.1, -0.05) is 12.1 Å². The van der Waals surface area contributed by atoms with Crippen LogP contribution in [0, 0.1) is 6.92 Å². The number of thiophene rings is 1. The highest BCUT2D eigenvalue weighted by molar-refractivity contribution is 7.10. The molecule has 1 aliphatic heterocycles. The molecule has 2 amide bonds. The molecule has 122 valence electrons. The number of carbonyl (C=O) groups is 1. The first-order valence-corrected chi connectivity index (χ1v) is 9.17. The second-order valence-corrected chi connectivity index (χ2v) is 7.38. The summed E-state index contributed by atoms with van der Waals surface area (Å²) in [6.07, 6.45) is 4.11. The molecule has 1 saturated carbocycles. The lowest BCUT2D eigenvalue weighted by Crippen LogP contribution is -2.42. The Balaban J connectivity index is 1.57.